The Kier molecular flexibility index (Phi) is 7.77. The summed E-state index contributed by atoms with van der Waals surface area (Å²) in [6.45, 7) is 2.69. The SMILES string of the molecule is Cc1nc(-c2ccc(S(=O)(=O)N(CCN)CCc3ccccc3)cc2)co1.Cl. The molecule has 2 aromatic carbocycles. The van der Waals surface area contributed by atoms with Crippen molar-refractivity contribution >= 4 is 22.4 Å². The fourth-order valence-corrected chi connectivity index (χ4v) is 4.29. The normalized spacial score (nSPS) is 11.4. The summed E-state index contributed by atoms with van der Waals surface area (Å²) in [4.78, 5) is 4.50. The second-order valence-electron chi connectivity index (χ2n) is 6.20. The van der Waals surface area contributed by atoms with Crippen molar-refractivity contribution in [3.63, 3.8) is 0 Å². The van der Waals surface area contributed by atoms with Gasteiger partial charge in [-0.1, -0.05) is 42.5 Å². The van der Waals surface area contributed by atoms with E-state index < -0.39 is 10.0 Å². The molecular weight excluding hydrogens is 398 g/mol. The van der Waals surface area contributed by atoms with Crippen LogP contribution in [0.25, 0.3) is 11.3 Å². The van der Waals surface area contributed by atoms with Gasteiger partial charge in [0, 0.05) is 32.1 Å². The number of aromatic nitrogens is 1. The first-order valence-electron chi connectivity index (χ1n) is 8.77. The van der Waals surface area contributed by atoms with Gasteiger partial charge in [-0.3, -0.25) is 0 Å². The molecule has 3 rings (SSSR count). The Morgan fingerprint density at radius 2 is 1.71 bits per heavy atom. The Bertz CT molecular complexity index is 973. The van der Waals surface area contributed by atoms with E-state index in [1.54, 1.807) is 37.5 Å². The third-order valence-electron chi connectivity index (χ3n) is 4.28. The second-order valence-corrected chi connectivity index (χ2v) is 8.14. The molecule has 0 saturated heterocycles. The van der Waals surface area contributed by atoms with Gasteiger partial charge in [0.1, 0.15) is 12.0 Å². The number of hydrogen-bond acceptors (Lipinski definition) is 5. The van der Waals surface area contributed by atoms with Crippen molar-refractivity contribution in [3.8, 4) is 11.3 Å². The Hall–Kier alpha value is -2.19. The number of halogens is 1. The van der Waals surface area contributed by atoms with Crippen LogP contribution in [0.1, 0.15) is 11.5 Å². The van der Waals surface area contributed by atoms with Crippen molar-refractivity contribution < 1.29 is 12.8 Å². The molecule has 0 amide bonds. The number of rotatable bonds is 8. The van der Waals surface area contributed by atoms with E-state index in [9.17, 15) is 8.42 Å². The average molecular weight is 422 g/mol. The van der Waals surface area contributed by atoms with Crippen molar-refractivity contribution in [3.05, 3.63) is 72.3 Å². The van der Waals surface area contributed by atoms with Crippen LogP contribution in [0.3, 0.4) is 0 Å². The summed E-state index contributed by atoms with van der Waals surface area (Å²) in [6, 6.07) is 16.5. The Balaban J connectivity index is 0.00000280. The van der Waals surface area contributed by atoms with Crippen molar-refractivity contribution in [2.24, 2.45) is 5.73 Å². The van der Waals surface area contributed by atoms with E-state index in [4.69, 9.17) is 10.2 Å². The first-order valence-corrected chi connectivity index (χ1v) is 10.2. The molecule has 0 spiro atoms. The molecule has 0 radical (unpaired) electrons. The largest absolute Gasteiger partial charge is 0.449 e. The van der Waals surface area contributed by atoms with Crippen molar-refractivity contribution in [2.75, 3.05) is 19.6 Å². The lowest BCUT2D eigenvalue weighted by atomic mass is 10.1. The summed E-state index contributed by atoms with van der Waals surface area (Å²) in [7, 11) is -3.62. The first-order chi connectivity index (χ1) is 13.0. The Labute approximate surface area is 171 Å². The highest BCUT2D eigenvalue weighted by Gasteiger charge is 2.23. The van der Waals surface area contributed by atoms with E-state index in [1.807, 2.05) is 30.3 Å². The standard InChI is InChI=1S/C20H23N3O3S.ClH/c1-16-22-20(15-26-16)18-7-9-19(10-8-18)27(24,25)23(14-12-21)13-11-17-5-3-2-4-6-17;/h2-10,15H,11-14,21H2,1H3;1H. The number of nitrogens with zero attached hydrogens (tertiary/aromatic N) is 2. The summed E-state index contributed by atoms with van der Waals surface area (Å²) in [5, 5.41) is 0. The topological polar surface area (TPSA) is 89.4 Å². The smallest absolute Gasteiger partial charge is 0.243 e. The molecule has 0 aliphatic heterocycles. The van der Waals surface area contributed by atoms with Crippen LogP contribution in [0.2, 0.25) is 0 Å². The Morgan fingerprint density at radius 3 is 2.29 bits per heavy atom. The van der Waals surface area contributed by atoms with Crippen molar-refractivity contribution in [1.82, 2.24) is 9.29 Å². The minimum absolute atomic E-state index is 0. The molecule has 0 aliphatic carbocycles. The summed E-state index contributed by atoms with van der Waals surface area (Å²) in [5.74, 6) is 0.566. The van der Waals surface area contributed by atoms with Gasteiger partial charge in [-0.15, -0.1) is 12.4 Å². The predicted octanol–water partition coefficient (Wildman–Crippen LogP) is 3.26. The van der Waals surface area contributed by atoms with Crippen LogP contribution in [0.15, 0.2) is 70.2 Å². The quantitative estimate of drug-likeness (QED) is 0.602. The van der Waals surface area contributed by atoms with Gasteiger partial charge in [-0.2, -0.15) is 4.31 Å². The molecule has 0 unspecified atom stereocenters. The maximum atomic E-state index is 13.0. The van der Waals surface area contributed by atoms with E-state index in [2.05, 4.69) is 4.98 Å². The van der Waals surface area contributed by atoms with Crippen LogP contribution in [0, 0.1) is 6.92 Å². The van der Waals surface area contributed by atoms with E-state index in [0.29, 0.717) is 24.6 Å². The molecule has 1 heterocycles. The second kappa shape index (κ2) is 9.84. The van der Waals surface area contributed by atoms with Crippen LogP contribution in [0.5, 0.6) is 0 Å². The fourth-order valence-electron chi connectivity index (χ4n) is 2.84. The van der Waals surface area contributed by atoms with Gasteiger partial charge in [0.05, 0.1) is 4.90 Å². The van der Waals surface area contributed by atoms with Gasteiger partial charge in [-0.05, 0) is 24.1 Å². The van der Waals surface area contributed by atoms with Gasteiger partial charge in [-0.25, -0.2) is 13.4 Å². The van der Waals surface area contributed by atoms with Crippen LogP contribution in [-0.4, -0.2) is 37.3 Å². The summed E-state index contributed by atoms with van der Waals surface area (Å²) < 4.78 is 32.7. The number of oxazole rings is 1. The molecular formula is C20H24ClN3O3S. The minimum Gasteiger partial charge on any atom is -0.449 e. The number of hydrogen-bond donors (Lipinski definition) is 1. The third-order valence-corrected chi connectivity index (χ3v) is 6.19. The summed E-state index contributed by atoms with van der Waals surface area (Å²) in [6.07, 6.45) is 2.19. The van der Waals surface area contributed by atoms with Crippen LogP contribution >= 0.6 is 12.4 Å². The zero-order chi connectivity index (χ0) is 19.3. The molecule has 1 aromatic heterocycles. The lowest BCUT2D eigenvalue weighted by molar-refractivity contribution is 0.421. The molecule has 150 valence electrons. The van der Waals surface area contributed by atoms with Crippen LogP contribution in [-0.2, 0) is 16.4 Å². The molecule has 3 aromatic rings. The predicted molar refractivity (Wildman–Crippen MR) is 112 cm³/mol. The molecule has 28 heavy (non-hydrogen) atoms. The summed E-state index contributed by atoms with van der Waals surface area (Å²) in [5.41, 5.74) is 8.23. The Morgan fingerprint density at radius 1 is 1.04 bits per heavy atom. The van der Waals surface area contributed by atoms with Gasteiger partial charge >= 0.3 is 0 Å². The van der Waals surface area contributed by atoms with Gasteiger partial charge in [0.25, 0.3) is 0 Å². The fraction of sp³-hybridized carbons (Fsp3) is 0.250. The maximum absolute atomic E-state index is 13.0. The lowest BCUT2D eigenvalue weighted by Gasteiger charge is -2.21. The van der Waals surface area contributed by atoms with Gasteiger partial charge in [0.2, 0.25) is 10.0 Å². The molecule has 2 N–H and O–H groups in total. The van der Waals surface area contributed by atoms with Crippen molar-refractivity contribution in [1.29, 1.82) is 0 Å². The highest BCUT2D eigenvalue weighted by atomic mass is 35.5. The number of nitrogens with two attached hydrogens (primary N) is 1. The molecule has 0 fully saturated rings. The molecule has 0 atom stereocenters. The first kappa shape index (κ1) is 22.1. The van der Waals surface area contributed by atoms with E-state index in [-0.39, 0.29) is 30.4 Å². The monoisotopic (exact) mass is 421 g/mol. The third kappa shape index (κ3) is 5.20. The van der Waals surface area contributed by atoms with Crippen LogP contribution in [0.4, 0.5) is 0 Å². The van der Waals surface area contributed by atoms with E-state index in [0.717, 1.165) is 11.1 Å². The zero-order valence-corrected chi connectivity index (χ0v) is 17.2. The van der Waals surface area contributed by atoms with Gasteiger partial charge < -0.3 is 10.2 Å². The van der Waals surface area contributed by atoms with Crippen LogP contribution < -0.4 is 5.73 Å². The molecule has 6 nitrogen and oxygen atoms in total. The van der Waals surface area contributed by atoms with Gasteiger partial charge in [0.15, 0.2) is 5.89 Å². The summed E-state index contributed by atoms with van der Waals surface area (Å²) >= 11 is 0. The number of benzene rings is 2. The van der Waals surface area contributed by atoms with Crippen molar-refractivity contribution in [2.45, 2.75) is 18.2 Å². The number of aryl methyl sites for hydroxylation is 1. The molecule has 8 heteroatoms. The average Bonchev–Trinajstić information content (AvgIpc) is 3.12. The highest BCUT2D eigenvalue weighted by Crippen LogP contribution is 2.22. The highest BCUT2D eigenvalue weighted by molar-refractivity contribution is 7.89. The van der Waals surface area contributed by atoms with E-state index in [1.165, 1.54) is 4.31 Å². The number of sulfonamides is 1. The lowest BCUT2D eigenvalue weighted by Crippen LogP contribution is -2.36. The molecule has 0 aliphatic rings. The molecule has 0 saturated carbocycles. The zero-order valence-electron chi connectivity index (χ0n) is 15.6. The maximum Gasteiger partial charge on any atom is 0.243 e. The minimum atomic E-state index is -3.62. The molecule has 0 bridgehead atoms. The van der Waals surface area contributed by atoms with E-state index >= 15 is 0 Å².